The summed E-state index contributed by atoms with van der Waals surface area (Å²) in [7, 11) is 1.57. The maximum absolute atomic E-state index is 13.2. The molecule has 2 aromatic rings. The second-order valence-corrected chi connectivity index (χ2v) is 5.38. The van der Waals surface area contributed by atoms with Gasteiger partial charge in [0, 0.05) is 12.5 Å². The summed E-state index contributed by atoms with van der Waals surface area (Å²) in [6.07, 6.45) is 4.52. The molecule has 1 aromatic carbocycles. The highest BCUT2D eigenvalue weighted by molar-refractivity contribution is 6.03. The standard InChI is InChI=1S/C16H17FO3/c1-19-16(7-3-2-4-8-16)15(18)14-10-11-9-12(17)5-6-13(11)20-14/h5-6,9-10H,2-4,7-8H2,1H3. The van der Waals surface area contributed by atoms with Gasteiger partial charge in [0.25, 0.3) is 0 Å². The van der Waals surface area contributed by atoms with Gasteiger partial charge in [0.15, 0.2) is 5.76 Å². The molecule has 4 heteroatoms. The molecule has 0 saturated heterocycles. The Kier molecular flexibility index (Phi) is 3.34. The van der Waals surface area contributed by atoms with E-state index >= 15 is 0 Å². The number of hydrogen-bond acceptors (Lipinski definition) is 3. The van der Waals surface area contributed by atoms with E-state index in [2.05, 4.69) is 0 Å². The van der Waals surface area contributed by atoms with E-state index in [0.717, 1.165) is 19.3 Å². The van der Waals surface area contributed by atoms with Crippen LogP contribution in [0.4, 0.5) is 4.39 Å². The number of rotatable bonds is 3. The number of Topliss-reactive ketones (excluding diaryl/α,β-unsaturated/α-hetero) is 1. The molecular weight excluding hydrogens is 259 g/mol. The molecule has 0 N–H and O–H groups in total. The fourth-order valence-electron chi connectivity index (χ4n) is 3.00. The fraction of sp³-hybridized carbons (Fsp3) is 0.438. The van der Waals surface area contributed by atoms with Crippen LogP contribution >= 0.6 is 0 Å². The Balaban J connectivity index is 1.98. The molecular formula is C16H17FO3. The lowest BCUT2D eigenvalue weighted by Crippen LogP contribution is -2.42. The quantitative estimate of drug-likeness (QED) is 0.792. The van der Waals surface area contributed by atoms with Crippen LogP contribution in [0.3, 0.4) is 0 Å². The van der Waals surface area contributed by atoms with E-state index in [1.165, 1.54) is 12.1 Å². The Morgan fingerprint density at radius 1 is 1.25 bits per heavy atom. The number of benzene rings is 1. The summed E-state index contributed by atoms with van der Waals surface area (Å²) >= 11 is 0. The van der Waals surface area contributed by atoms with Crippen molar-refractivity contribution in [2.24, 2.45) is 0 Å². The molecule has 1 fully saturated rings. The number of furan rings is 1. The minimum atomic E-state index is -0.773. The van der Waals surface area contributed by atoms with Crippen LogP contribution in [0.25, 0.3) is 11.0 Å². The lowest BCUT2D eigenvalue weighted by molar-refractivity contribution is -0.0210. The Labute approximate surface area is 116 Å². The van der Waals surface area contributed by atoms with E-state index in [-0.39, 0.29) is 17.4 Å². The van der Waals surface area contributed by atoms with Crippen LogP contribution in [0.2, 0.25) is 0 Å². The van der Waals surface area contributed by atoms with Crippen molar-refractivity contribution in [2.75, 3.05) is 7.11 Å². The molecule has 1 aliphatic rings. The molecule has 0 unspecified atom stereocenters. The molecule has 3 rings (SSSR count). The summed E-state index contributed by atoms with van der Waals surface area (Å²) in [5.41, 5.74) is -0.248. The van der Waals surface area contributed by atoms with Crippen LogP contribution in [0.15, 0.2) is 28.7 Å². The molecule has 0 bridgehead atoms. The van der Waals surface area contributed by atoms with Gasteiger partial charge in [-0.25, -0.2) is 4.39 Å². The number of ether oxygens (including phenoxy) is 1. The zero-order valence-electron chi connectivity index (χ0n) is 11.4. The SMILES string of the molecule is COC1(C(=O)c2cc3cc(F)ccc3o2)CCCCC1. The van der Waals surface area contributed by atoms with Gasteiger partial charge in [-0.05, 0) is 37.1 Å². The lowest BCUT2D eigenvalue weighted by Gasteiger charge is -2.33. The number of carbonyl (C=O) groups is 1. The molecule has 1 aliphatic carbocycles. The summed E-state index contributed by atoms with van der Waals surface area (Å²) in [5, 5.41) is 0.607. The summed E-state index contributed by atoms with van der Waals surface area (Å²) in [4.78, 5) is 12.7. The smallest absolute Gasteiger partial charge is 0.229 e. The van der Waals surface area contributed by atoms with Crippen molar-refractivity contribution in [1.82, 2.24) is 0 Å². The molecule has 20 heavy (non-hydrogen) atoms. The molecule has 0 amide bonds. The first-order valence-electron chi connectivity index (χ1n) is 6.94. The summed E-state index contributed by atoms with van der Waals surface area (Å²) in [5.74, 6) is -0.206. The van der Waals surface area contributed by atoms with Crippen LogP contribution in [0, 0.1) is 5.82 Å². The van der Waals surface area contributed by atoms with E-state index in [4.69, 9.17) is 9.15 Å². The van der Waals surface area contributed by atoms with E-state index in [9.17, 15) is 9.18 Å². The third-order valence-electron chi connectivity index (χ3n) is 4.17. The zero-order valence-corrected chi connectivity index (χ0v) is 11.4. The Hall–Kier alpha value is -1.68. The maximum atomic E-state index is 13.2. The van der Waals surface area contributed by atoms with Crippen LogP contribution in [-0.4, -0.2) is 18.5 Å². The van der Waals surface area contributed by atoms with Crippen molar-refractivity contribution in [1.29, 1.82) is 0 Å². The number of methoxy groups -OCH3 is 1. The second kappa shape index (κ2) is 5.02. The minimum absolute atomic E-state index is 0.128. The van der Waals surface area contributed by atoms with Crippen LogP contribution in [0.1, 0.15) is 42.7 Å². The van der Waals surface area contributed by atoms with Gasteiger partial charge < -0.3 is 9.15 Å². The Bertz CT molecular complexity index is 638. The van der Waals surface area contributed by atoms with Crippen molar-refractivity contribution in [2.45, 2.75) is 37.7 Å². The van der Waals surface area contributed by atoms with Gasteiger partial charge in [0.05, 0.1) is 0 Å². The summed E-state index contributed by atoms with van der Waals surface area (Å²) < 4.78 is 24.3. The number of fused-ring (bicyclic) bond motifs is 1. The third kappa shape index (κ3) is 2.14. The average molecular weight is 276 g/mol. The zero-order chi connectivity index (χ0) is 14.2. The number of halogens is 1. The summed E-state index contributed by atoms with van der Waals surface area (Å²) in [6, 6.07) is 5.85. The fourth-order valence-corrected chi connectivity index (χ4v) is 3.00. The van der Waals surface area contributed by atoms with Gasteiger partial charge in [-0.2, -0.15) is 0 Å². The first kappa shape index (κ1) is 13.3. The van der Waals surface area contributed by atoms with Crippen molar-refractivity contribution in [3.05, 3.63) is 35.8 Å². The first-order valence-corrected chi connectivity index (χ1v) is 6.94. The molecule has 0 atom stereocenters. The molecule has 0 spiro atoms. The van der Waals surface area contributed by atoms with Gasteiger partial charge in [-0.1, -0.05) is 19.3 Å². The van der Waals surface area contributed by atoms with Gasteiger partial charge in [-0.3, -0.25) is 4.79 Å². The Morgan fingerprint density at radius 2 is 2.00 bits per heavy atom. The van der Waals surface area contributed by atoms with E-state index in [0.29, 0.717) is 23.8 Å². The Morgan fingerprint density at radius 3 is 2.70 bits per heavy atom. The van der Waals surface area contributed by atoms with Crippen LogP contribution < -0.4 is 0 Å². The maximum Gasteiger partial charge on any atom is 0.229 e. The predicted molar refractivity (Wildman–Crippen MR) is 73.3 cm³/mol. The van der Waals surface area contributed by atoms with Gasteiger partial charge in [-0.15, -0.1) is 0 Å². The monoisotopic (exact) mass is 276 g/mol. The molecule has 3 nitrogen and oxygen atoms in total. The number of hydrogen-bond donors (Lipinski definition) is 0. The first-order chi connectivity index (χ1) is 9.64. The van der Waals surface area contributed by atoms with Crippen molar-refractivity contribution in [3.8, 4) is 0 Å². The van der Waals surface area contributed by atoms with Gasteiger partial charge in [0.1, 0.15) is 17.0 Å². The largest absolute Gasteiger partial charge is 0.453 e. The summed E-state index contributed by atoms with van der Waals surface area (Å²) in [6.45, 7) is 0. The number of ketones is 1. The molecule has 0 radical (unpaired) electrons. The third-order valence-corrected chi connectivity index (χ3v) is 4.17. The molecule has 1 heterocycles. The molecule has 0 aliphatic heterocycles. The molecule has 1 saturated carbocycles. The lowest BCUT2D eigenvalue weighted by atomic mass is 9.80. The molecule has 106 valence electrons. The van der Waals surface area contributed by atoms with Crippen LogP contribution in [-0.2, 0) is 4.74 Å². The minimum Gasteiger partial charge on any atom is -0.453 e. The highest BCUT2D eigenvalue weighted by Gasteiger charge is 2.41. The molecule has 1 aromatic heterocycles. The predicted octanol–water partition coefficient (Wildman–Crippen LogP) is 4.10. The number of carbonyl (C=O) groups excluding carboxylic acids is 1. The van der Waals surface area contributed by atoms with Gasteiger partial charge in [0.2, 0.25) is 5.78 Å². The van der Waals surface area contributed by atoms with Crippen LogP contribution in [0.5, 0.6) is 0 Å². The average Bonchev–Trinajstić information content (AvgIpc) is 2.90. The van der Waals surface area contributed by atoms with Gasteiger partial charge >= 0.3 is 0 Å². The highest BCUT2D eigenvalue weighted by atomic mass is 19.1. The highest BCUT2D eigenvalue weighted by Crippen LogP contribution is 2.35. The second-order valence-electron chi connectivity index (χ2n) is 5.38. The van der Waals surface area contributed by atoms with Crippen molar-refractivity contribution in [3.63, 3.8) is 0 Å². The normalized spacial score (nSPS) is 18.3. The van der Waals surface area contributed by atoms with Crippen molar-refractivity contribution >= 4 is 16.8 Å². The topological polar surface area (TPSA) is 39.4 Å². The van der Waals surface area contributed by atoms with E-state index in [1.54, 1.807) is 19.2 Å². The van der Waals surface area contributed by atoms with Crippen molar-refractivity contribution < 1.29 is 18.3 Å². The van der Waals surface area contributed by atoms with E-state index in [1.807, 2.05) is 0 Å². The van der Waals surface area contributed by atoms with E-state index < -0.39 is 5.60 Å².